The van der Waals surface area contributed by atoms with Crippen LogP contribution in [0.3, 0.4) is 0 Å². The summed E-state index contributed by atoms with van der Waals surface area (Å²) in [4.78, 5) is 0. The van der Waals surface area contributed by atoms with Crippen molar-refractivity contribution in [2.75, 3.05) is 13.2 Å². The van der Waals surface area contributed by atoms with Gasteiger partial charge in [0.25, 0.3) is 0 Å². The zero-order chi connectivity index (χ0) is 8.81. The zero-order valence-electron chi connectivity index (χ0n) is 7.80. The average molecular weight is 168 g/mol. The Morgan fingerprint density at radius 2 is 1.92 bits per heavy atom. The van der Waals surface area contributed by atoms with Gasteiger partial charge in [-0.3, -0.25) is 0 Å². The predicted octanol–water partition coefficient (Wildman–Crippen LogP) is 2.62. The minimum Gasteiger partial charge on any atom is -0.491 e. The maximum absolute atomic E-state index is 5.49. The number of allylic oxidation sites excluding steroid dienone is 3. The SMILES string of the molecule is C/C=C\CC1=C(CC)OCCO1. The van der Waals surface area contributed by atoms with Gasteiger partial charge in [-0.05, 0) is 6.92 Å². The van der Waals surface area contributed by atoms with Gasteiger partial charge in [0.05, 0.1) is 0 Å². The lowest BCUT2D eigenvalue weighted by atomic mass is 10.2. The van der Waals surface area contributed by atoms with Gasteiger partial charge in [0, 0.05) is 12.8 Å². The van der Waals surface area contributed by atoms with Crippen molar-refractivity contribution in [1.29, 1.82) is 0 Å². The lowest BCUT2D eigenvalue weighted by Gasteiger charge is -2.20. The number of rotatable bonds is 3. The first-order valence-corrected chi connectivity index (χ1v) is 4.47. The van der Waals surface area contributed by atoms with Crippen molar-refractivity contribution < 1.29 is 9.47 Å². The van der Waals surface area contributed by atoms with E-state index in [-0.39, 0.29) is 0 Å². The summed E-state index contributed by atoms with van der Waals surface area (Å²) in [5.41, 5.74) is 0. The molecule has 0 atom stereocenters. The van der Waals surface area contributed by atoms with Crippen molar-refractivity contribution in [3.63, 3.8) is 0 Å². The maximum atomic E-state index is 5.49. The highest BCUT2D eigenvalue weighted by Gasteiger charge is 2.11. The molecular weight excluding hydrogens is 152 g/mol. The molecule has 68 valence electrons. The van der Waals surface area contributed by atoms with Crippen LogP contribution in [-0.4, -0.2) is 13.2 Å². The smallest absolute Gasteiger partial charge is 0.137 e. The van der Waals surface area contributed by atoms with E-state index in [0.29, 0.717) is 13.2 Å². The van der Waals surface area contributed by atoms with Crippen LogP contribution in [-0.2, 0) is 9.47 Å². The molecule has 0 radical (unpaired) electrons. The molecule has 2 nitrogen and oxygen atoms in total. The summed E-state index contributed by atoms with van der Waals surface area (Å²) in [6.45, 7) is 5.48. The Labute approximate surface area is 73.9 Å². The molecular formula is C10H16O2. The van der Waals surface area contributed by atoms with Gasteiger partial charge in [0.1, 0.15) is 24.7 Å². The fourth-order valence-electron chi connectivity index (χ4n) is 1.19. The summed E-state index contributed by atoms with van der Waals surface area (Å²) in [5, 5.41) is 0. The van der Waals surface area contributed by atoms with Crippen LogP contribution in [0.4, 0.5) is 0 Å². The summed E-state index contributed by atoms with van der Waals surface area (Å²) in [5.74, 6) is 2.02. The quantitative estimate of drug-likeness (QED) is 0.603. The Hall–Kier alpha value is -0.920. The van der Waals surface area contributed by atoms with Crippen LogP contribution in [0, 0.1) is 0 Å². The van der Waals surface area contributed by atoms with Crippen LogP contribution in [0.1, 0.15) is 26.7 Å². The van der Waals surface area contributed by atoms with Gasteiger partial charge < -0.3 is 9.47 Å². The van der Waals surface area contributed by atoms with Crippen molar-refractivity contribution in [2.45, 2.75) is 26.7 Å². The Balaban J connectivity index is 2.59. The lowest BCUT2D eigenvalue weighted by Crippen LogP contribution is -2.13. The topological polar surface area (TPSA) is 18.5 Å². The second-order valence-electron chi connectivity index (χ2n) is 2.67. The minimum atomic E-state index is 0.691. The Bertz CT molecular complexity index is 192. The van der Waals surface area contributed by atoms with Crippen LogP contribution in [0.2, 0.25) is 0 Å². The predicted molar refractivity (Wildman–Crippen MR) is 48.7 cm³/mol. The summed E-state index contributed by atoms with van der Waals surface area (Å²) < 4.78 is 10.9. The molecule has 0 saturated carbocycles. The fraction of sp³-hybridized carbons (Fsp3) is 0.600. The first-order chi connectivity index (χ1) is 5.88. The Kier molecular flexibility index (Phi) is 3.71. The van der Waals surface area contributed by atoms with E-state index in [1.807, 2.05) is 13.0 Å². The van der Waals surface area contributed by atoms with Crippen molar-refractivity contribution in [3.05, 3.63) is 23.7 Å². The second-order valence-corrected chi connectivity index (χ2v) is 2.67. The number of hydrogen-bond acceptors (Lipinski definition) is 2. The molecule has 0 aliphatic carbocycles. The molecule has 0 aromatic carbocycles. The summed E-state index contributed by atoms with van der Waals surface area (Å²) in [6.07, 6.45) is 5.89. The van der Waals surface area contributed by atoms with Gasteiger partial charge in [-0.25, -0.2) is 0 Å². The standard InChI is InChI=1S/C10H16O2/c1-3-5-6-10-9(4-2)11-7-8-12-10/h3,5H,4,6-8H2,1-2H3/b5-3-. The molecule has 0 amide bonds. The molecule has 0 spiro atoms. The monoisotopic (exact) mass is 168 g/mol. The Morgan fingerprint density at radius 3 is 2.50 bits per heavy atom. The molecule has 1 aliphatic rings. The molecule has 0 saturated heterocycles. The normalized spacial score (nSPS) is 17.8. The van der Waals surface area contributed by atoms with E-state index in [1.165, 1.54) is 0 Å². The van der Waals surface area contributed by atoms with Crippen molar-refractivity contribution >= 4 is 0 Å². The van der Waals surface area contributed by atoms with E-state index in [9.17, 15) is 0 Å². The second kappa shape index (κ2) is 4.86. The van der Waals surface area contributed by atoms with Crippen molar-refractivity contribution in [3.8, 4) is 0 Å². The van der Waals surface area contributed by atoms with Crippen molar-refractivity contribution in [1.82, 2.24) is 0 Å². The van der Waals surface area contributed by atoms with Gasteiger partial charge in [-0.15, -0.1) is 0 Å². The van der Waals surface area contributed by atoms with Crippen LogP contribution in [0.15, 0.2) is 23.7 Å². The molecule has 0 N–H and O–H groups in total. The van der Waals surface area contributed by atoms with Crippen LogP contribution in [0.25, 0.3) is 0 Å². The van der Waals surface area contributed by atoms with E-state index in [0.717, 1.165) is 24.4 Å². The molecule has 1 heterocycles. The summed E-state index contributed by atoms with van der Waals surface area (Å²) in [7, 11) is 0. The van der Waals surface area contributed by atoms with Gasteiger partial charge >= 0.3 is 0 Å². The van der Waals surface area contributed by atoms with E-state index >= 15 is 0 Å². The van der Waals surface area contributed by atoms with E-state index in [2.05, 4.69) is 13.0 Å². The molecule has 2 heteroatoms. The molecule has 1 rings (SSSR count). The minimum absolute atomic E-state index is 0.691. The van der Waals surface area contributed by atoms with E-state index < -0.39 is 0 Å². The highest BCUT2D eigenvalue weighted by Crippen LogP contribution is 2.19. The van der Waals surface area contributed by atoms with Crippen LogP contribution >= 0.6 is 0 Å². The third-order valence-electron chi connectivity index (χ3n) is 1.81. The highest BCUT2D eigenvalue weighted by atomic mass is 16.6. The highest BCUT2D eigenvalue weighted by molar-refractivity contribution is 5.07. The summed E-state index contributed by atoms with van der Waals surface area (Å²) >= 11 is 0. The van der Waals surface area contributed by atoms with Crippen LogP contribution < -0.4 is 0 Å². The molecule has 12 heavy (non-hydrogen) atoms. The van der Waals surface area contributed by atoms with E-state index in [1.54, 1.807) is 0 Å². The maximum Gasteiger partial charge on any atom is 0.137 e. The van der Waals surface area contributed by atoms with Gasteiger partial charge in [0.2, 0.25) is 0 Å². The molecule has 1 aliphatic heterocycles. The largest absolute Gasteiger partial charge is 0.491 e. The summed E-state index contributed by atoms with van der Waals surface area (Å²) in [6, 6.07) is 0. The van der Waals surface area contributed by atoms with Gasteiger partial charge in [-0.2, -0.15) is 0 Å². The fourth-order valence-corrected chi connectivity index (χ4v) is 1.19. The Morgan fingerprint density at radius 1 is 1.25 bits per heavy atom. The molecule has 0 fully saturated rings. The van der Waals surface area contributed by atoms with E-state index in [4.69, 9.17) is 9.47 Å². The molecule has 0 unspecified atom stereocenters. The number of hydrogen-bond donors (Lipinski definition) is 0. The zero-order valence-corrected chi connectivity index (χ0v) is 7.80. The molecule has 0 bridgehead atoms. The molecule has 0 aromatic rings. The lowest BCUT2D eigenvalue weighted by molar-refractivity contribution is 0.0564. The first kappa shape index (κ1) is 9.17. The first-order valence-electron chi connectivity index (χ1n) is 4.47. The van der Waals surface area contributed by atoms with Crippen molar-refractivity contribution in [2.24, 2.45) is 0 Å². The number of ether oxygens (including phenoxy) is 2. The van der Waals surface area contributed by atoms with Crippen LogP contribution in [0.5, 0.6) is 0 Å². The third kappa shape index (κ3) is 2.29. The third-order valence-corrected chi connectivity index (χ3v) is 1.81. The van der Waals surface area contributed by atoms with Gasteiger partial charge in [0.15, 0.2) is 0 Å². The van der Waals surface area contributed by atoms with Gasteiger partial charge in [-0.1, -0.05) is 19.1 Å². The average Bonchev–Trinajstić information content (AvgIpc) is 2.15. The molecule has 0 aromatic heterocycles.